The Labute approximate surface area is 186 Å². The molecule has 3 heterocycles. The Hall–Kier alpha value is -3.63. The number of amides is 1. The predicted molar refractivity (Wildman–Crippen MR) is 117 cm³/mol. The Kier molecular flexibility index (Phi) is 5.51. The number of hydrogen-bond acceptors (Lipinski definition) is 6. The highest BCUT2D eigenvalue weighted by Gasteiger charge is 2.61. The van der Waals surface area contributed by atoms with Crippen LogP contribution in [0.15, 0.2) is 45.9 Å². The fourth-order valence-electron chi connectivity index (χ4n) is 3.88. The molecule has 0 saturated heterocycles. The van der Waals surface area contributed by atoms with Crippen LogP contribution in [-0.4, -0.2) is 38.3 Å². The largest absolute Gasteiger partial charge is 0.411 e. The van der Waals surface area contributed by atoms with E-state index < -0.39 is 41.6 Å². The first-order chi connectivity index (χ1) is 15.6. The highest BCUT2D eigenvalue weighted by atomic mass is 19.3. The molecule has 3 N–H and O–H groups in total. The lowest BCUT2D eigenvalue weighted by molar-refractivity contribution is -0.119. The molecule has 2 aromatic rings. The fraction of sp³-hybridized carbons (Fsp3) is 0.364. The molecule has 2 atom stereocenters. The minimum atomic E-state index is -3.00. The maximum absolute atomic E-state index is 15.0. The van der Waals surface area contributed by atoms with Crippen molar-refractivity contribution >= 4 is 33.9 Å². The lowest BCUT2D eigenvalue weighted by Crippen LogP contribution is -2.37. The number of carbonyl (C=O) groups is 1. The van der Waals surface area contributed by atoms with E-state index >= 15 is 4.39 Å². The van der Waals surface area contributed by atoms with Crippen molar-refractivity contribution in [1.29, 1.82) is 0 Å². The summed E-state index contributed by atoms with van der Waals surface area (Å²) in [5.74, 6) is -5.69. The normalized spacial score (nSPS) is 22.1. The van der Waals surface area contributed by atoms with Crippen LogP contribution in [-0.2, 0) is 11.8 Å². The first-order valence-corrected chi connectivity index (χ1v) is 10.3. The summed E-state index contributed by atoms with van der Waals surface area (Å²) in [5, 5.41) is 18.0. The molecule has 1 amide bonds. The Morgan fingerprint density at radius 3 is 2.73 bits per heavy atom. The molecular weight excluding hydrogens is 439 g/mol. The number of nitrogens with one attached hydrogen (secondary N) is 2. The van der Waals surface area contributed by atoms with E-state index in [1.807, 2.05) is 0 Å². The molecule has 0 spiro atoms. The monoisotopic (exact) mass is 461 g/mol. The van der Waals surface area contributed by atoms with Gasteiger partial charge in [-0.05, 0) is 25.0 Å². The van der Waals surface area contributed by atoms with Gasteiger partial charge in [0.2, 0.25) is 5.91 Å². The van der Waals surface area contributed by atoms with Crippen LogP contribution < -0.4 is 16.2 Å². The molecule has 0 aromatic carbocycles. The summed E-state index contributed by atoms with van der Waals surface area (Å²) in [4.78, 5) is 29.1. The summed E-state index contributed by atoms with van der Waals surface area (Å²) < 4.78 is 42.6. The topological polar surface area (TPSA) is 109 Å². The van der Waals surface area contributed by atoms with Gasteiger partial charge in [0.1, 0.15) is 23.6 Å². The van der Waals surface area contributed by atoms with Gasteiger partial charge < -0.3 is 20.4 Å². The smallest absolute Gasteiger partial charge is 0.260 e. The second-order valence-electron chi connectivity index (χ2n) is 8.13. The van der Waals surface area contributed by atoms with E-state index in [1.165, 1.54) is 37.0 Å². The summed E-state index contributed by atoms with van der Waals surface area (Å²) in [7, 11) is 1.51. The maximum Gasteiger partial charge on any atom is 0.260 e. The van der Waals surface area contributed by atoms with Gasteiger partial charge in [-0.1, -0.05) is 12.1 Å². The number of oxime groups is 1. The van der Waals surface area contributed by atoms with Gasteiger partial charge in [0.15, 0.2) is 0 Å². The highest BCUT2D eigenvalue weighted by molar-refractivity contribution is 5.97. The van der Waals surface area contributed by atoms with Gasteiger partial charge in [-0.15, -0.1) is 0 Å². The Morgan fingerprint density at radius 2 is 2.12 bits per heavy atom. The van der Waals surface area contributed by atoms with Gasteiger partial charge in [0.05, 0.1) is 11.2 Å². The zero-order valence-electron chi connectivity index (χ0n) is 18.1. The number of alkyl halides is 2. The molecule has 1 aliphatic heterocycles. The molecule has 0 bridgehead atoms. The number of aromatic nitrogens is 2. The number of rotatable bonds is 5. The molecule has 0 radical (unpaired) electrons. The molecule has 4 rings (SSSR count). The second-order valence-corrected chi connectivity index (χ2v) is 8.13. The Bertz CT molecular complexity index is 1310. The van der Waals surface area contributed by atoms with Crippen LogP contribution >= 0.6 is 0 Å². The molecule has 33 heavy (non-hydrogen) atoms. The highest BCUT2D eigenvalue weighted by Crippen LogP contribution is 2.49. The molecule has 1 aliphatic carbocycles. The summed E-state index contributed by atoms with van der Waals surface area (Å²) in [6.07, 6.45) is 2.75. The SMILES string of the molecule is CC/C(=N\O)C1NC=C(c2cc3cnc(NC(=O)C4CC4(F)F)cc3n(C)c2=O)C(C)=C1F. The second kappa shape index (κ2) is 8.05. The van der Waals surface area contributed by atoms with Crippen LogP contribution in [0.3, 0.4) is 0 Å². The fourth-order valence-corrected chi connectivity index (χ4v) is 3.88. The van der Waals surface area contributed by atoms with Crippen molar-refractivity contribution < 1.29 is 23.2 Å². The summed E-state index contributed by atoms with van der Waals surface area (Å²) in [5.41, 5.74) is 1.00. The van der Waals surface area contributed by atoms with Gasteiger partial charge in [-0.2, -0.15) is 0 Å². The zero-order valence-corrected chi connectivity index (χ0v) is 18.1. The van der Waals surface area contributed by atoms with E-state index in [2.05, 4.69) is 20.8 Å². The molecule has 1 fully saturated rings. The quantitative estimate of drug-likeness (QED) is 0.360. The standard InChI is InChI=1S/C22H22F3N5O3/c1-4-15(29-33)19-18(23)10(2)13(9-27-19)12-5-11-8-26-17(6-16(11)30(3)21(12)32)28-20(31)14-7-22(14,24)25/h5-6,8-9,14,19,27,33H,4,7H2,1-3H3,(H,26,28,31)/b29-15+. The number of nitrogens with zero attached hydrogens (tertiary/aromatic N) is 3. The van der Waals surface area contributed by atoms with Crippen LogP contribution in [0, 0.1) is 5.92 Å². The average Bonchev–Trinajstić information content (AvgIpc) is 3.43. The molecule has 2 aromatic heterocycles. The minimum Gasteiger partial charge on any atom is -0.411 e. The van der Waals surface area contributed by atoms with Gasteiger partial charge in [-0.25, -0.2) is 18.2 Å². The average molecular weight is 461 g/mol. The van der Waals surface area contributed by atoms with Crippen LogP contribution in [0.1, 0.15) is 32.3 Å². The number of aryl methyl sites for hydroxylation is 1. The van der Waals surface area contributed by atoms with Crippen molar-refractivity contribution in [2.45, 2.75) is 38.7 Å². The van der Waals surface area contributed by atoms with Crippen molar-refractivity contribution in [3.8, 4) is 0 Å². The Balaban J connectivity index is 1.69. The van der Waals surface area contributed by atoms with Crippen molar-refractivity contribution in [1.82, 2.24) is 14.9 Å². The van der Waals surface area contributed by atoms with E-state index in [0.29, 0.717) is 22.9 Å². The number of dihydropyridines is 1. The van der Waals surface area contributed by atoms with E-state index in [0.717, 1.165) is 0 Å². The van der Waals surface area contributed by atoms with Gasteiger partial charge in [0.25, 0.3) is 11.5 Å². The number of allylic oxidation sites excluding steroid dienone is 2. The number of halogens is 3. The zero-order chi connectivity index (χ0) is 24.1. The van der Waals surface area contributed by atoms with E-state index in [-0.39, 0.29) is 22.7 Å². The maximum atomic E-state index is 15.0. The number of fused-ring (bicyclic) bond motifs is 1. The van der Waals surface area contributed by atoms with Crippen molar-refractivity contribution in [3.05, 3.63) is 51.8 Å². The predicted octanol–water partition coefficient (Wildman–Crippen LogP) is 3.32. The van der Waals surface area contributed by atoms with Crippen molar-refractivity contribution in [2.24, 2.45) is 18.1 Å². The first kappa shape index (κ1) is 22.6. The third kappa shape index (κ3) is 3.87. The molecule has 174 valence electrons. The third-order valence-electron chi connectivity index (χ3n) is 6.03. The lowest BCUT2D eigenvalue weighted by Gasteiger charge is -2.25. The van der Waals surface area contributed by atoms with E-state index in [9.17, 15) is 18.4 Å². The summed E-state index contributed by atoms with van der Waals surface area (Å²) in [6, 6.07) is 2.06. The van der Waals surface area contributed by atoms with Gasteiger partial charge >= 0.3 is 0 Å². The number of carbonyl (C=O) groups excluding carboxylic acids is 1. The molecule has 8 nitrogen and oxygen atoms in total. The molecule has 2 aliphatic rings. The van der Waals surface area contributed by atoms with Crippen LogP contribution in [0.2, 0.25) is 0 Å². The molecule has 1 saturated carbocycles. The van der Waals surface area contributed by atoms with Gasteiger partial charge in [-0.3, -0.25) is 9.59 Å². The lowest BCUT2D eigenvalue weighted by atomic mass is 9.93. The summed E-state index contributed by atoms with van der Waals surface area (Å²) in [6.45, 7) is 3.27. The molecule has 11 heteroatoms. The van der Waals surface area contributed by atoms with E-state index in [1.54, 1.807) is 13.0 Å². The van der Waals surface area contributed by atoms with Gasteiger partial charge in [0, 0.05) is 48.5 Å². The number of pyridine rings is 2. The van der Waals surface area contributed by atoms with Crippen molar-refractivity contribution in [3.63, 3.8) is 0 Å². The Morgan fingerprint density at radius 1 is 1.42 bits per heavy atom. The van der Waals surface area contributed by atoms with Crippen LogP contribution in [0.25, 0.3) is 16.5 Å². The van der Waals surface area contributed by atoms with E-state index in [4.69, 9.17) is 5.21 Å². The molecule has 2 unspecified atom stereocenters. The van der Waals surface area contributed by atoms with Crippen molar-refractivity contribution in [2.75, 3.05) is 5.32 Å². The first-order valence-electron chi connectivity index (χ1n) is 10.3. The molecular formula is C22H22F3N5O3. The number of hydrogen-bond donors (Lipinski definition) is 3. The third-order valence-corrected chi connectivity index (χ3v) is 6.03. The van der Waals surface area contributed by atoms with Crippen LogP contribution in [0.4, 0.5) is 19.0 Å². The minimum absolute atomic E-state index is 0.0526. The summed E-state index contributed by atoms with van der Waals surface area (Å²) >= 11 is 0. The number of anilines is 1. The van der Waals surface area contributed by atoms with Crippen LogP contribution in [0.5, 0.6) is 0 Å².